The highest BCUT2D eigenvalue weighted by Crippen LogP contribution is 2.48. The van der Waals surface area contributed by atoms with Gasteiger partial charge in [-0.3, -0.25) is 9.59 Å². The highest BCUT2D eigenvalue weighted by molar-refractivity contribution is 8.01. The molecule has 0 aromatic rings. The molecule has 4 aliphatic rings. The van der Waals surface area contributed by atoms with Gasteiger partial charge in [-0.25, -0.2) is 0 Å². The molecular weight excluding hydrogens is 272 g/mol. The van der Waals surface area contributed by atoms with E-state index < -0.39 is 0 Å². The van der Waals surface area contributed by atoms with E-state index in [1.165, 1.54) is 25.7 Å². The minimum atomic E-state index is -0.236. The molecule has 20 heavy (non-hydrogen) atoms. The second-order valence-corrected chi connectivity index (χ2v) is 8.48. The van der Waals surface area contributed by atoms with Crippen LogP contribution in [0.1, 0.15) is 45.4 Å². The van der Waals surface area contributed by atoms with Gasteiger partial charge in [-0.05, 0) is 50.9 Å². The fraction of sp³-hybridized carbons (Fsp3) is 0.867. The summed E-state index contributed by atoms with van der Waals surface area (Å²) in [6.45, 7) is 2.11. The van der Waals surface area contributed by atoms with Crippen LogP contribution in [0.4, 0.5) is 0 Å². The van der Waals surface area contributed by atoms with Gasteiger partial charge in [0, 0.05) is 18.2 Å². The molecule has 1 N–H and O–H groups in total. The molecule has 5 heteroatoms. The molecule has 0 aromatic heterocycles. The Morgan fingerprint density at radius 1 is 1.35 bits per heavy atom. The van der Waals surface area contributed by atoms with Gasteiger partial charge in [-0.2, -0.15) is 0 Å². The molecular formula is C15H22N2O2S. The number of fused-ring (bicyclic) bond motifs is 1. The van der Waals surface area contributed by atoms with E-state index in [2.05, 4.69) is 12.2 Å². The van der Waals surface area contributed by atoms with Gasteiger partial charge in [-0.1, -0.05) is 0 Å². The second kappa shape index (κ2) is 4.39. The summed E-state index contributed by atoms with van der Waals surface area (Å²) in [5, 5.41) is 3.29. The highest BCUT2D eigenvalue weighted by Gasteiger charge is 2.53. The maximum atomic E-state index is 12.6. The molecule has 2 aliphatic carbocycles. The van der Waals surface area contributed by atoms with Gasteiger partial charge in [-0.15, -0.1) is 11.8 Å². The monoisotopic (exact) mass is 294 g/mol. The Bertz CT molecular complexity index is 449. The third kappa shape index (κ3) is 2.05. The minimum absolute atomic E-state index is 0.0975. The van der Waals surface area contributed by atoms with Gasteiger partial charge in [0.15, 0.2) is 0 Å². The van der Waals surface area contributed by atoms with E-state index in [1.54, 1.807) is 11.8 Å². The average molecular weight is 294 g/mol. The van der Waals surface area contributed by atoms with Gasteiger partial charge in [0.1, 0.15) is 6.04 Å². The molecule has 4 fully saturated rings. The molecule has 2 heterocycles. The largest absolute Gasteiger partial charge is 0.351 e. The van der Waals surface area contributed by atoms with Crippen LogP contribution in [0, 0.1) is 11.8 Å². The first kappa shape index (κ1) is 13.0. The first-order valence-corrected chi connectivity index (χ1v) is 8.83. The summed E-state index contributed by atoms with van der Waals surface area (Å²) in [5.74, 6) is 2.44. The Balaban J connectivity index is 1.47. The predicted molar refractivity (Wildman–Crippen MR) is 78.1 cm³/mol. The van der Waals surface area contributed by atoms with E-state index in [-0.39, 0.29) is 22.7 Å². The van der Waals surface area contributed by atoms with Crippen LogP contribution in [0.5, 0.6) is 0 Å². The average Bonchev–Trinajstić information content (AvgIpc) is 3.31. The lowest BCUT2D eigenvalue weighted by molar-refractivity contribution is -0.138. The highest BCUT2D eigenvalue weighted by atomic mass is 32.2. The molecule has 0 radical (unpaired) electrons. The normalized spacial score (nSPS) is 36.6. The molecule has 4 nitrogen and oxygen atoms in total. The molecule has 2 aliphatic heterocycles. The lowest BCUT2D eigenvalue weighted by Crippen LogP contribution is -2.52. The van der Waals surface area contributed by atoms with Crippen molar-refractivity contribution in [3.05, 3.63) is 0 Å². The number of nitrogens with zero attached hydrogens (tertiary/aromatic N) is 1. The fourth-order valence-electron chi connectivity index (χ4n) is 3.81. The first-order valence-electron chi connectivity index (χ1n) is 7.85. The summed E-state index contributed by atoms with van der Waals surface area (Å²) in [4.78, 5) is 26.5. The van der Waals surface area contributed by atoms with Crippen molar-refractivity contribution >= 4 is 23.6 Å². The van der Waals surface area contributed by atoms with Crippen LogP contribution < -0.4 is 5.32 Å². The number of rotatable bonds is 4. The smallest absolute Gasteiger partial charge is 0.243 e. The van der Waals surface area contributed by atoms with Crippen LogP contribution >= 0.6 is 11.8 Å². The van der Waals surface area contributed by atoms with Crippen LogP contribution in [0.3, 0.4) is 0 Å². The van der Waals surface area contributed by atoms with Gasteiger partial charge in [0.25, 0.3) is 0 Å². The van der Waals surface area contributed by atoms with Gasteiger partial charge < -0.3 is 10.2 Å². The van der Waals surface area contributed by atoms with E-state index in [0.717, 1.165) is 12.2 Å². The van der Waals surface area contributed by atoms with E-state index >= 15 is 0 Å². The number of carbonyl (C=O) groups excluding carboxylic acids is 2. The van der Waals surface area contributed by atoms with Crippen LogP contribution in [0.2, 0.25) is 0 Å². The number of hydrogen-bond acceptors (Lipinski definition) is 3. The Kier molecular flexibility index (Phi) is 2.85. The number of carbonyl (C=O) groups is 2. The van der Waals surface area contributed by atoms with Crippen molar-refractivity contribution in [2.45, 2.75) is 62.4 Å². The predicted octanol–water partition coefficient (Wildman–Crippen LogP) is 1.75. The third-order valence-corrected chi connectivity index (χ3v) is 6.82. The van der Waals surface area contributed by atoms with Crippen LogP contribution in [0.15, 0.2) is 0 Å². The number of amides is 2. The summed E-state index contributed by atoms with van der Waals surface area (Å²) >= 11 is 1.77. The van der Waals surface area contributed by atoms with E-state index in [0.29, 0.717) is 24.3 Å². The quantitative estimate of drug-likeness (QED) is 0.859. The molecule has 2 saturated heterocycles. The van der Waals surface area contributed by atoms with Gasteiger partial charge in [0.2, 0.25) is 11.8 Å². The lowest BCUT2D eigenvalue weighted by Gasteiger charge is -2.31. The van der Waals surface area contributed by atoms with Crippen molar-refractivity contribution in [3.63, 3.8) is 0 Å². The number of nitrogens with one attached hydrogen (secondary N) is 1. The Labute approximate surface area is 124 Å². The Hall–Kier alpha value is -0.710. The van der Waals surface area contributed by atoms with Crippen LogP contribution in [0.25, 0.3) is 0 Å². The molecule has 0 aromatic carbocycles. The van der Waals surface area contributed by atoms with Crippen LogP contribution in [-0.4, -0.2) is 39.4 Å². The third-order valence-electron chi connectivity index (χ3n) is 5.32. The summed E-state index contributed by atoms with van der Waals surface area (Å²) in [5.41, 5.74) is 0. The molecule has 2 amide bonds. The van der Waals surface area contributed by atoms with E-state index in [1.807, 2.05) is 4.90 Å². The minimum Gasteiger partial charge on any atom is -0.351 e. The number of thioether (sulfide) groups is 1. The SMILES string of the molecule is C[C@@]12CCC(=O)N1[C@@H](C(=O)NC(C1CC1)C1CC1)CS2. The lowest BCUT2D eigenvalue weighted by atomic mass is 10.1. The van der Waals surface area contributed by atoms with Crippen molar-refractivity contribution < 1.29 is 9.59 Å². The second-order valence-electron chi connectivity index (χ2n) is 6.97. The summed E-state index contributed by atoms with van der Waals surface area (Å²) < 4.78 is 0. The van der Waals surface area contributed by atoms with Crippen molar-refractivity contribution in [2.24, 2.45) is 11.8 Å². The zero-order chi connectivity index (χ0) is 13.9. The van der Waals surface area contributed by atoms with E-state index in [4.69, 9.17) is 0 Å². The summed E-state index contributed by atoms with van der Waals surface area (Å²) in [6, 6.07) is 0.150. The molecule has 4 rings (SSSR count). The molecule has 110 valence electrons. The van der Waals surface area contributed by atoms with Crippen molar-refractivity contribution in [1.82, 2.24) is 10.2 Å². The van der Waals surface area contributed by atoms with Crippen molar-refractivity contribution in [2.75, 3.05) is 5.75 Å². The van der Waals surface area contributed by atoms with Crippen molar-refractivity contribution in [3.8, 4) is 0 Å². The molecule has 2 atom stereocenters. The zero-order valence-corrected chi connectivity index (χ0v) is 12.7. The van der Waals surface area contributed by atoms with E-state index in [9.17, 15) is 9.59 Å². The molecule has 0 bridgehead atoms. The fourth-order valence-corrected chi connectivity index (χ4v) is 5.24. The topological polar surface area (TPSA) is 49.4 Å². The first-order chi connectivity index (χ1) is 9.58. The standard InChI is InChI=1S/C15H22N2O2S/c1-15-7-6-12(18)17(15)11(8-20-15)14(19)16-13(9-2-3-9)10-4-5-10/h9-11,13H,2-8H2,1H3,(H,16,19)/t11-,15-/m1/s1. The van der Waals surface area contributed by atoms with Crippen molar-refractivity contribution in [1.29, 1.82) is 0 Å². The molecule has 2 saturated carbocycles. The summed E-state index contributed by atoms with van der Waals surface area (Å²) in [7, 11) is 0. The van der Waals surface area contributed by atoms with Crippen LogP contribution in [-0.2, 0) is 9.59 Å². The van der Waals surface area contributed by atoms with Gasteiger partial charge >= 0.3 is 0 Å². The van der Waals surface area contributed by atoms with Gasteiger partial charge in [0.05, 0.1) is 4.87 Å². The maximum Gasteiger partial charge on any atom is 0.243 e. The molecule has 0 unspecified atom stereocenters. The Morgan fingerprint density at radius 2 is 2.00 bits per heavy atom. The Morgan fingerprint density at radius 3 is 2.60 bits per heavy atom. The zero-order valence-electron chi connectivity index (χ0n) is 11.9. The number of hydrogen-bond donors (Lipinski definition) is 1. The summed E-state index contributed by atoms with van der Waals surface area (Å²) in [6.07, 6.45) is 6.54. The maximum absolute atomic E-state index is 12.6. The molecule has 0 spiro atoms.